The van der Waals surface area contributed by atoms with Crippen LogP contribution >= 0.6 is 0 Å². The van der Waals surface area contributed by atoms with Crippen LogP contribution in [0, 0.1) is 31.1 Å². The van der Waals surface area contributed by atoms with Gasteiger partial charge in [0.15, 0.2) is 0 Å². The van der Waals surface area contributed by atoms with E-state index in [-0.39, 0.29) is 0 Å². The van der Waals surface area contributed by atoms with Crippen molar-refractivity contribution in [3.05, 3.63) is 11.4 Å². The summed E-state index contributed by atoms with van der Waals surface area (Å²) in [5, 5.41) is 8.74. The van der Waals surface area contributed by atoms with Gasteiger partial charge in [-0.15, -0.1) is 0 Å². The first-order valence-corrected chi connectivity index (χ1v) is 6.18. The summed E-state index contributed by atoms with van der Waals surface area (Å²) in [5.74, 6) is 2.53. The number of rotatable bonds is 5. The van der Waals surface area contributed by atoms with Gasteiger partial charge >= 0.3 is 0 Å². The first-order chi connectivity index (χ1) is 8.45. The molecule has 0 fully saturated rings. The molecule has 1 aromatic rings. The van der Waals surface area contributed by atoms with E-state index >= 15 is 0 Å². The van der Waals surface area contributed by atoms with E-state index < -0.39 is 0 Å². The minimum Gasteiger partial charge on any atom is -0.383 e. The fraction of sp³-hybridized carbons (Fsp3) is 0.615. The lowest BCUT2D eigenvalue weighted by atomic mass is 10.2. The summed E-state index contributed by atoms with van der Waals surface area (Å²) in [6.07, 6.45) is 0.481. The summed E-state index contributed by atoms with van der Waals surface area (Å²) in [6, 6.07) is 2.17. The number of nitrogen functional groups attached to an aromatic ring is 1. The minimum atomic E-state index is 0.481. The van der Waals surface area contributed by atoms with Crippen LogP contribution in [0.1, 0.15) is 31.7 Å². The number of hydrogen-bond acceptors (Lipinski definition) is 5. The molecular weight excluding hydrogens is 226 g/mol. The van der Waals surface area contributed by atoms with Gasteiger partial charge in [0, 0.05) is 18.7 Å². The van der Waals surface area contributed by atoms with Crippen LogP contribution in [-0.2, 0) is 0 Å². The number of nitrogens with two attached hydrogens (primary N) is 1. The Bertz CT molecular complexity index is 447. The summed E-state index contributed by atoms with van der Waals surface area (Å²) in [6.45, 7) is 9.57. The second kappa shape index (κ2) is 6.20. The summed E-state index contributed by atoms with van der Waals surface area (Å²) in [5.41, 5.74) is 6.76. The zero-order chi connectivity index (χ0) is 13.7. The summed E-state index contributed by atoms with van der Waals surface area (Å²) in [4.78, 5) is 10.7. The van der Waals surface area contributed by atoms with Gasteiger partial charge < -0.3 is 10.6 Å². The van der Waals surface area contributed by atoms with E-state index in [0.29, 0.717) is 30.5 Å². The number of hydrogen-bond donors (Lipinski definition) is 1. The normalized spacial score (nSPS) is 10.4. The molecule has 0 unspecified atom stereocenters. The van der Waals surface area contributed by atoms with Crippen molar-refractivity contribution >= 4 is 11.6 Å². The maximum absolute atomic E-state index is 8.74. The molecule has 0 bridgehead atoms. The van der Waals surface area contributed by atoms with Crippen molar-refractivity contribution in [2.75, 3.05) is 23.7 Å². The van der Waals surface area contributed by atoms with Crippen molar-refractivity contribution in [2.45, 2.75) is 34.1 Å². The van der Waals surface area contributed by atoms with Crippen LogP contribution in [0.25, 0.3) is 0 Å². The van der Waals surface area contributed by atoms with Crippen molar-refractivity contribution in [1.82, 2.24) is 9.97 Å². The van der Waals surface area contributed by atoms with Gasteiger partial charge in [0.05, 0.1) is 12.5 Å². The van der Waals surface area contributed by atoms with Crippen LogP contribution in [0.3, 0.4) is 0 Å². The van der Waals surface area contributed by atoms with E-state index in [0.717, 1.165) is 17.9 Å². The van der Waals surface area contributed by atoms with Gasteiger partial charge in [0.1, 0.15) is 17.5 Å². The van der Waals surface area contributed by atoms with Crippen LogP contribution in [0.4, 0.5) is 11.6 Å². The summed E-state index contributed by atoms with van der Waals surface area (Å²) < 4.78 is 0. The van der Waals surface area contributed by atoms with E-state index in [4.69, 9.17) is 11.0 Å². The monoisotopic (exact) mass is 247 g/mol. The molecule has 0 saturated heterocycles. The Labute approximate surface area is 109 Å². The molecule has 5 nitrogen and oxygen atoms in total. The Morgan fingerprint density at radius 3 is 2.56 bits per heavy atom. The molecule has 0 aliphatic rings. The Hall–Kier alpha value is -1.83. The zero-order valence-corrected chi connectivity index (χ0v) is 11.6. The highest BCUT2D eigenvalue weighted by Crippen LogP contribution is 2.22. The molecule has 0 amide bonds. The maximum Gasteiger partial charge on any atom is 0.137 e. The Morgan fingerprint density at radius 1 is 1.33 bits per heavy atom. The first kappa shape index (κ1) is 14.2. The van der Waals surface area contributed by atoms with Crippen LogP contribution in [0.2, 0.25) is 0 Å². The van der Waals surface area contributed by atoms with Gasteiger partial charge in [-0.05, 0) is 19.8 Å². The predicted molar refractivity (Wildman–Crippen MR) is 73.2 cm³/mol. The van der Waals surface area contributed by atoms with Crippen molar-refractivity contribution in [3.63, 3.8) is 0 Å². The van der Waals surface area contributed by atoms with Gasteiger partial charge in [0.25, 0.3) is 0 Å². The quantitative estimate of drug-likeness (QED) is 0.861. The standard InChI is InChI=1S/C13H21N5/c1-9(2)8-18(7-5-6-14)13-10(3)12(15)16-11(4)17-13/h9H,5,7-8H2,1-4H3,(H2,15,16,17). The van der Waals surface area contributed by atoms with E-state index in [1.54, 1.807) is 0 Å². The molecule has 0 spiro atoms. The van der Waals surface area contributed by atoms with Gasteiger partial charge in [-0.2, -0.15) is 5.26 Å². The number of aromatic nitrogens is 2. The lowest BCUT2D eigenvalue weighted by molar-refractivity contribution is 0.605. The molecule has 0 aliphatic heterocycles. The molecule has 1 aromatic heterocycles. The zero-order valence-electron chi connectivity index (χ0n) is 11.6. The maximum atomic E-state index is 8.74. The fourth-order valence-electron chi connectivity index (χ4n) is 1.85. The topological polar surface area (TPSA) is 78.8 Å². The van der Waals surface area contributed by atoms with Gasteiger partial charge in [-0.1, -0.05) is 13.8 Å². The van der Waals surface area contributed by atoms with Gasteiger partial charge in [-0.25, -0.2) is 9.97 Å². The van der Waals surface area contributed by atoms with Gasteiger partial charge in [0.2, 0.25) is 0 Å². The third-order valence-corrected chi connectivity index (χ3v) is 2.65. The lowest BCUT2D eigenvalue weighted by Gasteiger charge is -2.26. The highest BCUT2D eigenvalue weighted by atomic mass is 15.2. The number of nitriles is 1. The fourth-order valence-corrected chi connectivity index (χ4v) is 1.85. The smallest absolute Gasteiger partial charge is 0.137 e. The largest absolute Gasteiger partial charge is 0.383 e. The molecule has 98 valence electrons. The number of nitrogens with zero attached hydrogens (tertiary/aromatic N) is 4. The molecule has 1 rings (SSSR count). The minimum absolute atomic E-state index is 0.481. The van der Waals surface area contributed by atoms with E-state index in [9.17, 15) is 0 Å². The lowest BCUT2D eigenvalue weighted by Crippen LogP contribution is -2.30. The third-order valence-electron chi connectivity index (χ3n) is 2.65. The molecule has 18 heavy (non-hydrogen) atoms. The van der Waals surface area contributed by atoms with Gasteiger partial charge in [-0.3, -0.25) is 0 Å². The number of anilines is 2. The predicted octanol–water partition coefficient (Wildman–Crippen LogP) is 2.05. The molecule has 5 heteroatoms. The average Bonchev–Trinajstić information content (AvgIpc) is 2.28. The number of aryl methyl sites for hydroxylation is 1. The second-order valence-corrected chi connectivity index (χ2v) is 4.85. The third kappa shape index (κ3) is 3.59. The van der Waals surface area contributed by atoms with Crippen LogP contribution < -0.4 is 10.6 Å². The summed E-state index contributed by atoms with van der Waals surface area (Å²) >= 11 is 0. The van der Waals surface area contributed by atoms with Crippen molar-refractivity contribution in [3.8, 4) is 6.07 Å². The molecule has 0 aliphatic carbocycles. The second-order valence-electron chi connectivity index (χ2n) is 4.85. The Morgan fingerprint density at radius 2 is 2.00 bits per heavy atom. The molecule has 0 saturated carbocycles. The molecule has 0 aromatic carbocycles. The Kier molecular flexibility index (Phi) is 4.90. The van der Waals surface area contributed by atoms with Crippen LogP contribution in [-0.4, -0.2) is 23.1 Å². The molecule has 0 atom stereocenters. The van der Waals surface area contributed by atoms with E-state index in [1.807, 2.05) is 13.8 Å². The van der Waals surface area contributed by atoms with Crippen molar-refractivity contribution < 1.29 is 0 Å². The molecule has 2 N–H and O–H groups in total. The van der Waals surface area contributed by atoms with Crippen molar-refractivity contribution in [1.29, 1.82) is 5.26 Å². The molecule has 1 heterocycles. The average molecular weight is 247 g/mol. The SMILES string of the molecule is Cc1nc(N)c(C)c(N(CCC#N)CC(C)C)n1. The highest BCUT2D eigenvalue weighted by Gasteiger charge is 2.15. The highest BCUT2D eigenvalue weighted by molar-refractivity contribution is 5.56. The van der Waals surface area contributed by atoms with Crippen LogP contribution in [0.15, 0.2) is 0 Å². The first-order valence-electron chi connectivity index (χ1n) is 6.18. The van der Waals surface area contributed by atoms with E-state index in [1.165, 1.54) is 0 Å². The van der Waals surface area contributed by atoms with Crippen molar-refractivity contribution in [2.24, 2.45) is 5.92 Å². The molecule has 0 radical (unpaired) electrons. The Balaban J connectivity index is 3.07. The summed E-state index contributed by atoms with van der Waals surface area (Å²) in [7, 11) is 0. The van der Waals surface area contributed by atoms with Crippen LogP contribution in [0.5, 0.6) is 0 Å². The van der Waals surface area contributed by atoms with E-state index in [2.05, 4.69) is 34.8 Å². The molecular formula is C13H21N5.